The molecular weight excluding hydrogens is 242 g/mol. The van der Waals surface area contributed by atoms with Crippen molar-refractivity contribution in [3.63, 3.8) is 0 Å². The molecule has 0 aliphatic heterocycles. The summed E-state index contributed by atoms with van der Waals surface area (Å²) in [6.45, 7) is 2.84. The summed E-state index contributed by atoms with van der Waals surface area (Å²) in [7, 11) is 0. The van der Waals surface area contributed by atoms with E-state index in [1.807, 2.05) is 6.20 Å². The van der Waals surface area contributed by atoms with Crippen molar-refractivity contribution in [3.05, 3.63) is 36.3 Å². The summed E-state index contributed by atoms with van der Waals surface area (Å²) >= 11 is 1.75. The van der Waals surface area contributed by atoms with Gasteiger partial charge in [0.1, 0.15) is 5.82 Å². The predicted molar refractivity (Wildman–Crippen MR) is 77.9 cm³/mol. The van der Waals surface area contributed by atoms with Crippen LogP contribution in [0.1, 0.15) is 25.1 Å². The van der Waals surface area contributed by atoms with Crippen molar-refractivity contribution in [1.82, 2.24) is 9.97 Å². The van der Waals surface area contributed by atoms with Crippen LogP contribution in [0, 0.1) is 0 Å². The number of aromatic nitrogens is 2. The molecule has 0 fully saturated rings. The molecule has 0 saturated heterocycles. The van der Waals surface area contributed by atoms with Gasteiger partial charge in [-0.3, -0.25) is 0 Å². The Morgan fingerprint density at radius 3 is 2.67 bits per heavy atom. The van der Waals surface area contributed by atoms with E-state index in [0.717, 1.165) is 17.9 Å². The molecule has 3 N–H and O–H groups in total. The molecule has 1 atom stereocenters. The maximum Gasteiger partial charge on any atom is 0.109 e. The van der Waals surface area contributed by atoms with Crippen LogP contribution in [0.15, 0.2) is 35.4 Å². The molecule has 0 amide bonds. The van der Waals surface area contributed by atoms with Crippen molar-refractivity contribution >= 4 is 11.8 Å². The smallest absolute Gasteiger partial charge is 0.109 e. The summed E-state index contributed by atoms with van der Waals surface area (Å²) in [5.41, 5.74) is 7.82. The van der Waals surface area contributed by atoms with E-state index in [4.69, 9.17) is 5.73 Å². The number of H-pyrrole nitrogens is 1. The normalized spacial score (nSPS) is 12.6. The van der Waals surface area contributed by atoms with Gasteiger partial charge in [-0.25, -0.2) is 4.98 Å². The van der Waals surface area contributed by atoms with Gasteiger partial charge in [0.05, 0.1) is 11.9 Å². The summed E-state index contributed by atoms with van der Waals surface area (Å²) in [5.74, 6) is 1.40. The topological polar surface area (TPSA) is 54.7 Å². The van der Waals surface area contributed by atoms with Gasteiger partial charge in [-0.2, -0.15) is 0 Å². The molecule has 2 aromatic rings. The molecular formula is C14H19N3S. The third kappa shape index (κ3) is 2.94. The van der Waals surface area contributed by atoms with Crippen LogP contribution in [-0.4, -0.2) is 22.8 Å². The van der Waals surface area contributed by atoms with Crippen molar-refractivity contribution in [3.8, 4) is 11.3 Å². The molecule has 1 aromatic heterocycles. The second-order valence-electron chi connectivity index (χ2n) is 4.39. The van der Waals surface area contributed by atoms with Gasteiger partial charge in [0, 0.05) is 10.8 Å². The van der Waals surface area contributed by atoms with Crippen LogP contribution in [0.25, 0.3) is 11.3 Å². The van der Waals surface area contributed by atoms with Crippen LogP contribution in [0.3, 0.4) is 0 Å². The molecule has 0 bridgehead atoms. The van der Waals surface area contributed by atoms with E-state index >= 15 is 0 Å². The first-order valence-corrected chi connectivity index (χ1v) is 7.36. The summed E-state index contributed by atoms with van der Waals surface area (Å²) in [4.78, 5) is 9.09. The van der Waals surface area contributed by atoms with Crippen LogP contribution < -0.4 is 5.73 Å². The lowest BCUT2D eigenvalue weighted by molar-refractivity contribution is 0.655. The van der Waals surface area contributed by atoms with Gasteiger partial charge in [-0.1, -0.05) is 19.1 Å². The van der Waals surface area contributed by atoms with Crippen LogP contribution in [0.2, 0.25) is 0 Å². The number of benzene rings is 1. The molecule has 1 heterocycles. The van der Waals surface area contributed by atoms with Crippen molar-refractivity contribution < 1.29 is 0 Å². The first-order valence-electron chi connectivity index (χ1n) is 6.14. The van der Waals surface area contributed by atoms with Gasteiger partial charge in [0.25, 0.3) is 0 Å². The SMILES string of the molecule is CSc1ccc(-c2cnc(C(C)CCN)[nH]2)cc1. The fourth-order valence-electron chi connectivity index (χ4n) is 1.89. The molecule has 1 unspecified atom stereocenters. The third-order valence-corrected chi connectivity index (χ3v) is 3.81. The Kier molecular flexibility index (Phi) is 4.44. The molecule has 18 heavy (non-hydrogen) atoms. The fraction of sp³-hybridized carbons (Fsp3) is 0.357. The van der Waals surface area contributed by atoms with Crippen LogP contribution >= 0.6 is 11.8 Å². The van der Waals surface area contributed by atoms with E-state index in [1.54, 1.807) is 11.8 Å². The molecule has 0 aliphatic rings. The van der Waals surface area contributed by atoms with E-state index in [2.05, 4.69) is 47.4 Å². The number of aromatic amines is 1. The lowest BCUT2D eigenvalue weighted by Gasteiger charge is -2.05. The van der Waals surface area contributed by atoms with Gasteiger partial charge < -0.3 is 10.7 Å². The molecule has 1 aromatic carbocycles. The summed E-state index contributed by atoms with van der Waals surface area (Å²) < 4.78 is 0. The van der Waals surface area contributed by atoms with Crippen molar-refractivity contribution in [1.29, 1.82) is 0 Å². The zero-order valence-corrected chi connectivity index (χ0v) is 11.6. The van der Waals surface area contributed by atoms with E-state index in [9.17, 15) is 0 Å². The number of thioether (sulfide) groups is 1. The van der Waals surface area contributed by atoms with Crippen molar-refractivity contribution in [2.24, 2.45) is 5.73 Å². The van der Waals surface area contributed by atoms with Crippen LogP contribution in [0.5, 0.6) is 0 Å². The molecule has 4 heteroatoms. The first kappa shape index (κ1) is 13.2. The largest absolute Gasteiger partial charge is 0.342 e. The first-order chi connectivity index (χ1) is 8.74. The van der Waals surface area contributed by atoms with Gasteiger partial charge in [-0.15, -0.1) is 11.8 Å². The lowest BCUT2D eigenvalue weighted by atomic mass is 10.1. The highest BCUT2D eigenvalue weighted by atomic mass is 32.2. The van der Waals surface area contributed by atoms with Crippen molar-refractivity contribution in [2.45, 2.75) is 24.2 Å². The Labute approximate surface area is 112 Å². The molecule has 3 nitrogen and oxygen atoms in total. The molecule has 0 aliphatic carbocycles. The Balaban J connectivity index is 2.18. The minimum atomic E-state index is 0.384. The van der Waals surface area contributed by atoms with Gasteiger partial charge >= 0.3 is 0 Å². The van der Waals surface area contributed by atoms with E-state index in [0.29, 0.717) is 12.5 Å². The van der Waals surface area contributed by atoms with E-state index < -0.39 is 0 Å². The number of hydrogen-bond acceptors (Lipinski definition) is 3. The van der Waals surface area contributed by atoms with Gasteiger partial charge in [0.15, 0.2) is 0 Å². The maximum atomic E-state index is 5.57. The number of imidazole rings is 1. The third-order valence-electron chi connectivity index (χ3n) is 3.06. The van der Waals surface area contributed by atoms with E-state index in [-0.39, 0.29) is 0 Å². The number of nitrogens with two attached hydrogens (primary N) is 1. The minimum Gasteiger partial charge on any atom is -0.342 e. The molecule has 0 saturated carbocycles. The predicted octanol–water partition coefficient (Wildman–Crippen LogP) is 3.25. The van der Waals surface area contributed by atoms with E-state index in [1.165, 1.54) is 10.5 Å². The molecule has 96 valence electrons. The minimum absolute atomic E-state index is 0.384. The van der Waals surface area contributed by atoms with Crippen LogP contribution in [-0.2, 0) is 0 Å². The Morgan fingerprint density at radius 1 is 1.33 bits per heavy atom. The highest BCUT2D eigenvalue weighted by molar-refractivity contribution is 7.98. The van der Waals surface area contributed by atoms with Gasteiger partial charge in [0.2, 0.25) is 0 Å². The molecule has 0 radical (unpaired) electrons. The fourth-order valence-corrected chi connectivity index (χ4v) is 2.30. The summed E-state index contributed by atoms with van der Waals surface area (Å²) in [6.07, 6.45) is 4.94. The highest BCUT2D eigenvalue weighted by Crippen LogP contribution is 2.23. The number of nitrogens with one attached hydrogen (secondary N) is 1. The monoisotopic (exact) mass is 261 g/mol. The molecule has 0 spiro atoms. The number of hydrogen-bond donors (Lipinski definition) is 2. The Hall–Kier alpha value is -1.26. The average molecular weight is 261 g/mol. The lowest BCUT2D eigenvalue weighted by Crippen LogP contribution is -2.05. The Morgan fingerprint density at radius 2 is 2.06 bits per heavy atom. The summed E-state index contributed by atoms with van der Waals surface area (Å²) in [6, 6.07) is 8.50. The number of nitrogens with zero attached hydrogens (tertiary/aromatic N) is 1. The zero-order valence-electron chi connectivity index (χ0n) is 10.8. The van der Waals surface area contributed by atoms with Crippen LogP contribution in [0.4, 0.5) is 0 Å². The molecule has 2 rings (SSSR count). The highest BCUT2D eigenvalue weighted by Gasteiger charge is 2.09. The maximum absolute atomic E-state index is 5.57. The standard InChI is InChI=1S/C14H19N3S/c1-10(7-8-15)14-16-9-13(17-14)11-3-5-12(18-2)6-4-11/h3-6,9-10H,7-8,15H2,1-2H3,(H,16,17). The average Bonchev–Trinajstić information content (AvgIpc) is 2.89. The van der Waals surface area contributed by atoms with Crippen molar-refractivity contribution in [2.75, 3.05) is 12.8 Å². The second kappa shape index (κ2) is 6.07. The van der Waals surface area contributed by atoms with Gasteiger partial charge in [-0.05, 0) is 36.9 Å². The number of rotatable bonds is 5. The summed E-state index contributed by atoms with van der Waals surface area (Å²) in [5, 5.41) is 0. The second-order valence-corrected chi connectivity index (χ2v) is 5.27. The quantitative estimate of drug-likeness (QED) is 0.812. The zero-order chi connectivity index (χ0) is 13.0. The Bertz CT molecular complexity index is 490.